The summed E-state index contributed by atoms with van der Waals surface area (Å²) in [5.74, 6) is -0.522. The molecule has 4 heterocycles. The average Bonchev–Trinajstić information content (AvgIpc) is 3.19. The van der Waals surface area contributed by atoms with E-state index in [0.717, 1.165) is 93.1 Å². The van der Waals surface area contributed by atoms with E-state index in [1.807, 2.05) is 41.3 Å². The Hall–Kier alpha value is -4.70. The molecule has 3 atom stereocenters. The third-order valence-electron chi connectivity index (χ3n) is 12.2. The first-order valence-electron chi connectivity index (χ1n) is 19.9. The number of carbonyl (C=O) groups is 3. The van der Waals surface area contributed by atoms with Crippen molar-refractivity contribution in [2.24, 2.45) is 0 Å². The van der Waals surface area contributed by atoms with Gasteiger partial charge in [-0.3, -0.25) is 29.5 Å². The molecule has 4 aromatic rings. The molecule has 9 nitrogen and oxygen atoms in total. The number of nitrogens with zero attached hydrogens (tertiary/aromatic N) is 4. The Morgan fingerprint density at radius 1 is 0.836 bits per heavy atom. The van der Waals surface area contributed by atoms with Gasteiger partial charge in [-0.2, -0.15) is 0 Å². The topological polar surface area (TPSA) is 88.2 Å². The summed E-state index contributed by atoms with van der Waals surface area (Å²) < 4.78 is 0. The number of piperazine rings is 1. The molecule has 286 valence electrons. The first kappa shape index (κ1) is 37.2. The molecule has 4 aromatic carbocycles. The van der Waals surface area contributed by atoms with Crippen LogP contribution in [0.4, 0.5) is 17.1 Å². The maximum absolute atomic E-state index is 12.7. The number of benzene rings is 4. The molecule has 3 saturated heterocycles. The average molecular weight is 759 g/mol. The smallest absolute Gasteiger partial charge is 0.234 e. The molecule has 2 N–H and O–H groups in total. The van der Waals surface area contributed by atoms with Gasteiger partial charge in [0.2, 0.25) is 17.7 Å². The van der Waals surface area contributed by atoms with E-state index in [-0.39, 0.29) is 35.7 Å². The maximum Gasteiger partial charge on any atom is 0.234 e. The highest BCUT2D eigenvalue weighted by molar-refractivity contribution is 6.30. The summed E-state index contributed by atoms with van der Waals surface area (Å²) in [5, 5.41) is 6.91. The molecule has 3 fully saturated rings. The van der Waals surface area contributed by atoms with Crippen molar-refractivity contribution in [2.45, 2.75) is 76.5 Å². The molecule has 0 spiro atoms. The van der Waals surface area contributed by atoms with Crippen LogP contribution >= 0.6 is 11.6 Å². The zero-order valence-corrected chi connectivity index (χ0v) is 32.6. The van der Waals surface area contributed by atoms with Crippen LogP contribution in [-0.4, -0.2) is 78.9 Å². The number of nitrogens with one attached hydrogen (secondary N) is 2. The van der Waals surface area contributed by atoms with Crippen LogP contribution in [0.15, 0.2) is 91.0 Å². The summed E-state index contributed by atoms with van der Waals surface area (Å²) in [6.07, 6.45) is 4.12. The van der Waals surface area contributed by atoms with E-state index in [1.54, 1.807) is 6.92 Å². The molecule has 3 amide bonds. The molecule has 4 aliphatic rings. The molecule has 4 aliphatic heterocycles. The molecule has 3 unspecified atom stereocenters. The van der Waals surface area contributed by atoms with Crippen LogP contribution in [0.2, 0.25) is 5.02 Å². The van der Waals surface area contributed by atoms with E-state index in [4.69, 9.17) is 11.6 Å². The normalized spacial score (nSPS) is 22.6. The third kappa shape index (κ3) is 8.30. The van der Waals surface area contributed by atoms with Crippen LogP contribution in [0.5, 0.6) is 0 Å². The van der Waals surface area contributed by atoms with Gasteiger partial charge in [-0.25, -0.2) is 0 Å². The fourth-order valence-electron chi connectivity index (χ4n) is 9.23. The summed E-state index contributed by atoms with van der Waals surface area (Å²) >= 11 is 6.16. The van der Waals surface area contributed by atoms with Crippen molar-refractivity contribution in [1.29, 1.82) is 0 Å². The van der Waals surface area contributed by atoms with E-state index in [0.29, 0.717) is 23.9 Å². The highest BCUT2D eigenvalue weighted by Gasteiger charge is 2.33. The van der Waals surface area contributed by atoms with Crippen LogP contribution in [0, 0.1) is 0 Å². The number of fused-ring (bicyclic) bond motifs is 1. The molecule has 0 bridgehead atoms. The van der Waals surface area contributed by atoms with Crippen LogP contribution in [0.1, 0.15) is 74.6 Å². The van der Waals surface area contributed by atoms with E-state index >= 15 is 0 Å². The number of rotatable bonds is 8. The van der Waals surface area contributed by atoms with E-state index in [2.05, 4.69) is 86.9 Å². The fourth-order valence-corrected chi connectivity index (χ4v) is 9.35. The van der Waals surface area contributed by atoms with Gasteiger partial charge in [-0.15, -0.1) is 0 Å². The molecule has 0 aliphatic carbocycles. The Kier molecular flexibility index (Phi) is 11.0. The minimum absolute atomic E-state index is 0.0633. The minimum Gasteiger partial charge on any atom is -0.378 e. The zero-order valence-electron chi connectivity index (χ0n) is 31.8. The van der Waals surface area contributed by atoms with E-state index in [1.165, 1.54) is 16.8 Å². The van der Waals surface area contributed by atoms with Gasteiger partial charge >= 0.3 is 0 Å². The molecular weight excluding hydrogens is 708 g/mol. The quantitative estimate of drug-likeness (QED) is 0.179. The van der Waals surface area contributed by atoms with Crippen molar-refractivity contribution in [3.05, 3.63) is 113 Å². The van der Waals surface area contributed by atoms with Crippen LogP contribution in [0.3, 0.4) is 0 Å². The van der Waals surface area contributed by atoms with Crippen molar-refractivity contribution >= 4 is 46.4 Å². The number of carbonyl (C=O) groups excluding carboxylic acids is 3. The summed E-state index contributed by atoms with van der Waals surface area (Å²) in [4.78, 5) is 46.4. The lowest BCUT2D eigenvalue weighted by Gasteiger charge is -2.43. The Bertz CT molecular complexity index is 2020. The van der Waals surface area contributed by atoms with Crippen LogP contribution in [-0.2, 0) is 20.9 Å². The zero-order chi connectivity index (χ0) is 38.1. The molecule has 0 saturated carbocycles. The second-order valence-corrected chi connectivity index (χ2v) is 16.2. The van der Waals surface area contributed by atoms with E-state index in [9.17, 15) is 14.4 Å². The number of anilines is 3. The summed E-state index contributed by atoms with van der Waals surface area (Å²) in [6.45, 7) is 11.0. The van der Waals surface area contributed by atoms with Crippen molar-refractivity contribution in [2.75, 3.05) is 54.4 Å². The Morgan fingerprint density at radius 3 is 2.27 bits per heavy atom. The number of amides is 3. The lowest BCUT2D eigenvalue weighted by Crippen LogP contribution is -2.53. The van der Waals surface area contributed by atoms with Gasteiger partial charge in [0.15, 0.2) is 0 Å². The maximum atomic E-state index is 12.7. The largest absolute Gasteiger partial charge is 0.378 e. The highest BCUT2D eigenvalue weighted by Crippen LogP contribution is 2.41. The molecular formula is C45H51ClN6O3. The lowest BCUT2D eigenvalue weighted by atomic mass is 9.89. The predicted octanol–water partition coefficient (Wildman–Crippen LogP) is 7.61. The predicted molar refractivity (Wildman–Crippen MR) is 221 cm³/mol. The van der Waals surface area contributed by atoms with Gasteiger partial charge in [0, 0.05) is 93.3 Å². The molecule has 0 radical (unpaired) electrons. The van der Waals surface area contributed by atoms with Crippen molar-refractivity contribution < 1.29 is 14.4 Å². The van der Waals surface area contributed by atoms with Gasteiger partial charge in [0.25, 0.3) is 0 Å². The van der Waals surface area contributed by atoms with Crippen molar-refractivity contribution in [3.8, 4) is 11.1 Å². The van der Waals surface area contributed by atoms with Crippen molar-refractivity contribution in [3.63, 3.8) is 0 Å². The van der Waals surface area contributed by atoms with Crippen molar-refractivity contribution in [1.82, 2.24) is 15.1 Å². The summed E-state index contributed by atoms with van der Waals surface area (Å²) in [6, 6.07) is 32.4. The Labute approximate surface area is 329 Å². The summed E-state index contributed by atoms with van der Waals surface area (Å²) in [7, 11) is 0. The van der Waals surface area contributed by atoms with Crippen LogP contribution in [0.25, 0.3) is 11.1 Å². The molecule has 0 aromatic heterocycles. The standard InChI is InChI=1S/C45H51ClN6O3/c1-30-26-42(47-37-11-9-36(46)10-12-37)41-28-34(8-16-43(41)52(30)31(2)53)33-6-13-38(14-7-33)50-20-18-39(19-21-50)51-24-22-49(23-25-51)29-32-4-3-5-35(27-32)40-15-17-44(54)48-45(40)55/h3-14,16,27-28,30,39-40,42,47H,15,17-26,29H2,1-2H3,(H,48,54,55). The van der Waals surface area contributed by atoms with Gasteiger partial charge in [0.1, 0.15) is 0 Å². The lowest BCUT2D eigenvalue weighted by molar-refractivity contribution is -0.134. The Morgan fingerprint density at radius 2 is 1.56 bits per heavy atom. The molecule has 8 rings (SSSR count). The van der Waals surface area contributed by atoms with E-state index < -0.39 is 0 Å². The number of hydrogen-bond acceptors (Lipinski definition) is 7. The van der Waals surface area contributed by atoms with Crippen LogP contribution < -0.4 is 20.4 Å². The highest BCUT2D eigenvalue weighted by atomic mass is 35.5. The van der Waals surface area contributed by atoms with Gasteiger partial charge in [0.05, 0.1) is 12.0 Å². The minimum atomic E-state index is -0.240. The second-order valence-electron chi connectivity index (χ2n) is 15.8. The number of imide groups is 1. The number of halogens is 1. The second kappa shape index (κ2) is 16.2. The number of hydrogen-bond donors (Lipinski definition) is 2. The van der Waals surface area contributed by atoms with Gasteiger partial charge in [-0.1, -0.05) is 54.1 Å². The summed E-state index contributed by atoms with van der Waals surface area (Å²) in [5.41, 5.74) is 8.93. The monoisotopic (exact) mass is 758 g/mol. The first-order chi connectivity index (χ1) is 26.7. The first-order valence-corrected chi connectivity index (χ1v) is 20.3. The molecule has 10 heteroatoms. The number of piperidine rings is 2. The van der Waals surface area contributed by atoms with Gasteiger partial charge < -0.3 is 15.1 Å². The third-order valence-corrected chi connectivity index (χ3v) is 12.4. The molecule has 55 heavy (non-hydrogen) atoms. The Balaban J connectivity index is 0.857. The van der Waals surface area contributed by atoms with Gasteiger partial charge in [-0.05, 0) is 109 Å². The SMILES string of the molecule is CC(=O)N1c2ccc(-c3ccc(N4CCC(N5CCN(Cc6cccc(C7CCC(=O)NC7=O)c6)CC5)CC4)cc3)cc2C(Nc2ccc(Cl)cc2)CC1C. The fraction of sp³-hybridized carbons (Fsp3) is 0.400.